The molecule has 0 saturated heterocycles. The van der Waals surface area contributed by atoms with Crippen LogP contribution in [0.25, 0.3) is 5.57 Å². The first-order valence-corrected chi connectivity index (χ1v) is 11.7. The molecule has 0 bridgehead atoms. The van der Waals surface area contributed by atoms with Gasteiger partial charge in [-0.3, -0.25) is 19.1 Å². The Morgan fingerprint density at radius 3 is 2.51 bits per heavy atom. The molecule has 2 heterocycles. The second-order valence-corrected chi connectivity index (χ2v) is 7.34. The van der Waals surface area contributed by atoms with Crippen molar-refractivity contribution < 1.29 is 19.5 Å². The van der Waals surface area contributed by atoms with E-state index in [-0.39, 0.29) is 31.2 Å². The Labute approximate surface area is 207 Å². The van der Waals surface area contributed by atoms with Crippen LogP contribution in [0.2, 0.25) is 0 Å². The van der Waals surface area contributed by atoms with Gasteiger partial charge in [-0.05, 0) is 31.6 Å². The number of aliphatic carboxylic acids is 1. The number of rotatable bonds is 11. The van der Waals surface area contributed by atoms with Crippen LogP contribution in [-0.4, -0.2) is 52.8 Å². The zero-order valence-electron chi connectivity index (χ0n) is 21.2. The molecule has 0 unspecified atom stereocenters. The normalized spacial score (nSPS) is 13.5. The average Bonchev–Trinajstić information content (AvgIpc) is 3.27. The molecule has 0 spiro atoms. The van der Waals surface area contributed by atoms with Crippen LogP contribution in [0.5, 0.6) is 0 Å². The van der Waals surface area contributed by atoms with E-state index in [1.807, 2.05) is 70.2 Å². The minimum absolute atomic E-state index is 0.105. The summed E-state index contributed by atoms with van der Waals surface area (Å²) in [7, 11) is 1.58. The van der Waals surface area contributed by atoms with Crippen LogP contribution in [0.15, 0.2) is 59.9 Å². The quantitative estimate of drug-likeness (QED) is 0.358. The van der Waals surface area contributed by atoms with Gasteiger partial charge >= 0.3 is 5.97 Å². The number of allylic oxidation sites excluding steroid dienone is 9. The van der Waals surface area contributed by atoms with Gasteiger partial charge in [-0.1, -0.05) is 50.3 Å². The lowest BCUT2D eigenvalue weighted by Crippen LogP contribution is -2.30. The van der Waals surface area contributed by atoms with Crippen molar-refractivity contribution in [1.29, 1.82) is 0 Å². The second kappa shape index (κ2) is 15.9. The summed E-state index contributed by atoms with van der Waals surface area (Å²) < 4.78 is 1.65. The van der Waals surface area contributed by atoms with Gasteiger partial charge in [-0.15, -0.1) is 0 Å². The SMILES string of the molecule is CC.C\C=C/C=C(\C=C/C)c1cc(C(=O)NC)n(CC2=CC=C(CC(=O)NCCC(=O)O)CN2)n1. The summed E-state index contributed by atoms with van der Waals surface area (Å²) in [6, 6.07) is 1.76. The number of carbonyl (C=O) groups excluding carboxylic acids is 2. The number of carboxylic acid groups (broad SMARTS) is 1. The Balaban J connectivity index is 0.00000298. The number of hydrogen-bond acceptors (Lipinski definition) is 5. The highest BCUT2D eigenvalue weighted by molar-refractivity contribution is 5.93. The van der Waals surface area contributed by atoms with Crippen LogP contribution >= 0.6 is 0 Å². The maximum absolute atomic E-state index is 12.4. The van der Waals surface area contributed by atoms with E-state index >= 15 is 0 Å². The van der Waals surface area contributed by atoms with Gasteiger partial charge in [-0.25, -0.2) is 0 Å². The molecule has 9 nitrogen and oxygen atoms in total. The number of dihydropyridines is 1. The van der Waals surface area contributed by atoms with Crippen molar-refractivity contribution in [2.45, 2.75) is 47.1 Å². The van der Waals surface area contributed by atoms with Crippen molar-refractivity contribution in [3.8, 4) is 0 Å². The van der Waals surface area contributed by atoms with E-state index in [0.29, 0.717) is 24.5 Å². The molecule has 1 aromatic rings. The number of carboxylic acids is 1. The van der Waals surface area contributed by atoms with Crippen LogP contribution in [0.4, 0.5) is 0 Å². The van der Waals surface area contributed by atoms with Crippen molar-refractivity contribution in [2.24, 2.45) is 0 Å². The third-order valence-corrected chi connectivity index (χ3v) is 4.78. The standard InChI is InChI=1S/C24H31N5O4.C2H6/c1-4-6-8-18(7-5-2)20-14-21(24(33)25-3)29(28-20)16-19-10-9-17(15-27-19)13-22(30)26-12-11-23(31)32;1-2/h4-10,14,27H,11-13,15-16H2,1-3H3,(H,25,33)(H,26,30)(H,31,32);1-2H3/b6-4-,7-5-,18-8+;. The molecule has 0 radical (unpaired) electrons. The fourth-order valence-electron chi connectivity index (χ4n) is 3.13. The molecule has 1 aliphatic rings. The third-order valence-electron chi connectivity index (χ3n) is 4.78. The molecule has 2 amide bonds. The molecule has 9 heteroatoms. The summed E-state index contributed by atoms with van der Waals surface area (Å²) in [5.74, 6) is -1.40. The second-order valence-electron chi connectivity index (χ2n) is 7.34. The lowest BCUT2D eigenvalue weighted by atomic mass is 10.1. The van der Waals surface area contributed by atoms with Crippen LogP contribution < -0.4 is 16.0 Å². The van der Waals surface area contributed by atoms with E-state index in [2.05, 4.69) is 21.0 Å². The van der Waals surface area contributed by atoms with Gasteiger partial charge < -0.3 is 21.1 Å². The van der Waals surface area contributed by atoms with Crippen molar-refractivity contribution in [3.63, 3.8) is 0 Å². The van der Waals surface area contributed by atoms with E-state index in [1.54, 1.807) is 17.8 Å². The topological polar surface area (TPSA) is 125 Å². The van der Waals surface area contributed by atoms with Gasteiger partial charge in [-0.2, -0.15) is 5.10 Å². The van der Waals surface area contributed by atoms with Gasteiger partial charge in [0.25, 0.3) is 5.91 Å². The number of carbonyl (C=O) groups is 3. The highest BCUT2D eigenvalue weighted by atomic mass is 16.4. The summed E-state index contributed by atoms with van der Waals surface area (Å²) >= 11 is 0. The van der Waals surface area contributed by atoms with Crippen molar-refractivity contribution >= 4 is 23.4 Å². The first-order chi connectivity index (χ1) is 16.9. The zero-order valence-corrected chi connectivity index (χ0v) is 21.2. The monoisotopic (exact) mass is 483 g/mol. The zero-order chi connectivity index (χ0) is 26.2. The van der Waals surface area contributed by atoms with E-state index < -0.39 is 5.97 Å². The molecule has 190 valence electrons. The van der Waals surface area contributed by atoms with E-state index in [9.17, 15) is 14.4 Å². The number of nitrogens with zero attached hydrogens (tertiary/aromatic N) is 2. The molecule has 1 aliphatic heterocycles. The van der Waals surface area contributed by atoms with Crippen LogP contribution in [-0.2, 0) is 16.1 Å². The lowest BCUT2D eigenvalue weighted by molar-refractivity contribution is -0.136. The van der Waals surface area contributed by atoms with E-state index in [4.69, 9.17) is 5.11 Å². The minimum atomic E-state index is -0.950. The molecule has 1 aromatic heterocycles. The fraction of sp³-hybridized carbons (Fsp3) is 0.385. The number of hydrogen-bond donors (Lipinski definition) is 4. The molecule has 35 heavy (non-hydrogen) atoms. The van der Waals surface area contributed by atoms with Crippen LogP contribution in [0.3, 0.4) is 0 Å². The highest BCUT2D eigenvalue weighted by Crippen LogP contribution is 2.18. The van der Waals surface area contributed by atoms with Crippen molar-refractivity contribution in [2.75, 3.05) is 20.1 Å². The highest BCUT2D eigenvalue weighted by Gasteiger charge is 2.18. The summed E-state index contributed by atoms with van der Waals surface area (Å²) in [6.45, 7) is 8.81. The van der Waals surface area contributed by atoms with Crippen LogP contribution in [0.1, 0.15) is 56.7 Å². The summed E-state index contributed by atoms with van der Waals surface area (Å²) in [5, 5.41) is 21.8. The predicted octanol–water partition coefficient (Wildman–Crippen LogP) is 3.20. The molecular weight excluding hydrogens is 446 g/mol. The Hall–Kier alpha value is -3.88. The van der Waals surface area contributed by atoms with Crippen molar-refractivity contribution in [3.05, 3.63) is 71.3 Å². The minimum Gasteiger partial charge on any atom is -0.481 e. The van der Waals surface area contributed by atoms with Crippen LogP contribution in [0, 0.1) is 0 Å². The first kappa shape index (κ1) is 29.2. The van der Waals surface area contributed by atoms with E-state index in [1.165, 1.54) is 0 Å². The molecule has 4 N–H and O–H groups in total. The summed E-state index contributed by atoms with van der Waals surface area (Å²) in [6.07, 6.45) is 13.5. The number of amides is 2. The van der Waals surface area contributed by atoms with Gasteiger partial charge in [0, 0.05) is 37.8 Å². The number of aromatic nitrogens is 2. The van der Waals surface area contributed by atoms with Gasteiger partial charge in [0.15, 0.2) is 0 Å². The molecule has 2 rings (SSSR count). The molecule has 0 aliphatic carbocycles. The third kappa shape index (κ3) is 9.87. The molecule has 0 atom stereocenters. The van der Waals surface area contributed by atoms with Gasteiger partial charge in [0.05, 0.1) is 18.7 Å². The molecule has 0 fully saturated rings. The lowest BCUT2D eigenvalue weighted by Gasteiger charge is -2.18. The van der Waals surface area contributed by atoms with E-state index in [0.717, 1.165) is 16.8 Å². The Kier molecular flexibility index (Phi) is 13.2. The Bertz CT molecular complexity index is 1030. The maximum Gasteiger partial charge on any atom is 0.305 e. The smallest absolute Gasteiger partial charge is 0.305 e. The van der Waals surface area contributed by atoms with Gasteiger partial charge in [0.2, 0.25) is 5.91 Å². The number of nitrogens with one attached hydrogen (secondary N) is 3. The molecule has 0 saturated carbocycles. The Morgan fingerprint density at radius 2 is 1.94 bits per heavy atom. The maximum atomic E-state index is 12.4. The molecular formula is C26H37N5O4. The Morgan fingerprint density at radius 1 is 1.20 bits per heavy atom. The summed E-state index contributed by atoms with van der Waals surface area (Å²) in [4.78, 5) is 34.9. The predicted molar refractivity (Wildman–Crippen MR) is 139 cm³/mol. The largest absolute Gasteiger partial charge is 0.481 e. The first-order valence-electron chi connectivity index (χ1n) is 11.7. The fourth-order valence-corrected chi connectivity index (χ4v) is 3.13. The molecule has 0 aromatic carbocycles. The van der Waals surface area contributed by atoms with Crippen molar-refractivity contribution in [1.82, 2.24) is 25.7 Å². The van der Waals surface area contributed by atoms with Gasteiger partial charge in [0.1, 0.15) is 5.69 Å². The summed E-state index contributed by atoms with van der Waals surface area (Å²) in [5.41, 5.74) is 3.76. The average molecular weight is 484 g/mol.